The van der Waals surface area contributed by atoms with E-state index in [1.165, 1.54) is 16.8 Å². The Morgan fingerprint density at radius 2 is 2.08 bits per heavy atom. The summed E-state index contributed by atoms with van der Waals surface area (Å²) in [4.78, 5) is 14.3. The minimum atomic E-state index is -0.861. The number of nitrogens with zero attached hydrogens (tertiary/aromatic N) is 3. The topological polar surface area (TPSA) is 58.4 Å². The monoisotopic (exact) mass is 351 g/mol. The quantitative estimate of drug-likeness (QED) is 0.924. The van der Waals surface area contributed by atoms with Gasteiger partial charge < -0.3 is 10.0 Å². The predicted octanol–water partition coefficient (Wildman–Crippen LogP) is 2.63. The van der Waals surface area contributed by atoms with Crippen molar-refractivity contribution in [1.82, 2.24) is 14.7 Å². The Morgan fingerprint density at radius 1 is 1.42 bits per heavy atom. The van der Waals surface area contributed by atoms with E-state index in [1.54, 1.807) is 30.9 Å². The molecule has 1 aliphatic rings. The summed E-state index contributed by atoms with van der Waals surface area (Å²) in [5.41, 5.74) is 0.874. The minimum Gasteiger partial charge on any atom is -0.388 e. The zero-order chi connectivity index (χ0) is 17.5. The predicted molar refractivity (Wildman–Crippen MR) is 88.6 cm³/mol. The molecule has 1 amide bonds. The van der Waals surface area contributed by atoms with E-state index in [4.69, 9.17) is 11.6 Å². The summed E-state index contributed by atoms with van der Waals surface area (Å²) in [6, 6.07) is 6.06. The van der Waals surface area contributed by atoms with Gasteiger partial charge in [0.05, 0.1) is 23.4 Å². The molecule has 128 valence electrons. The van der Waals surface area contributed by atoms with Crippen LogP contribution in [0.15, 0.2) is 24.3 Å². The molecule has 3 rings (SSSR count). The highest BCUT2D eigenvalue weighted by atomic mass is 35.5. The van der Waals surface area contributed by atoms with Gasteiger partial charge in [-0.1, -0.05) is 23.7 Å². The first-order chi connectivity index (χ1) is 11.3. The third-order valence-electron chi connectivity index (χ3n) is 4.26. The molecule has 2 aromatic rings. The number of aromatic nitrogens is 2. The number of aliphatic hydroxyl groups is 1. The fourth-order valence-corrected chi connectivity index (χ4v) is 3.26. The van der Waals surface area contributed by atoms with Crippen LogP contribution in [0.2, 0.25) is 5.15 Å². The van der Waals surface area contributed by atoms with E-state index in [0.29, 0.717) is 30.8 Å². The molecule has 7 heteroatoms. The second-order valence-electron chi connectivity index (χ2n) is 6.51. The summed E-state index contributed by atoms with van der Waals surface area (Å²) < 4.78 is 14.5. The number of β-amino-alcohol motifs (C(OH)–C–C–N with tert-alkyl or cyclic N) is 1. The molecule has 0 radical (unpaired) electrons. The number of carbonyl (C=O) groups is 1. The van der Waals surface area contributed by atoms with E-state index in [-0.39, 0.29) is 23.4 Å². The summed E-state index contributed by atoms with van der Waals surface area (Å²) in [5, 5.41) is 14.6. The molecule has 1 fully saturated rings. The zero-order valence-corrected chi connectivity index (χ0v) is 14.3. The second-order valence-corrected chi connectivity index (χ2v) is 6.87. The number of aryl methyl sites for hydroxylation is 1. The van der Waals surface area contributed by atoms with Gasteiger partial charge in [0, 0.05) is 13.1 Å². The molecule has 5 nitrogen and oxygen atoms in total. The summed E-state index contributed by atoms with van der Waals surface area (Å²) in [5.74, 6) is -0.529. The Bertz CT molecular complexity index is 771. The fraction of sp³-hybridized carbons (Fsp3) is 0.412. The molecule has 2 heterocycles. The van der Waals surface area contributed by atoms with Crippen LogP contribution < -0.4 is 0 Å². The van der Waals surface area contributed by atoms with Gasteiger partial charge in [-0.15, -0.1) is 0 Å². The van der Waals surface area contributed by atoms with Gasteiger partial charge in [-0.25, -0.2) is 9.07 Å². The number of hydrogen-bond donors (Lipinski definition) is 1. The van der Waals surface area contributed by atoms with Gasteiger partial charge in [-0.05, 0) is 38.0 Å². The van der Waals surface area contributed by atoms with E-state index in [1.807, 2.05) is 0 Å². The Balaban J connectivity index is 1.84. The third kappa shape index (κ3) is 3.30. The largest absolute Gasteiger partial charge is 0.388 e. The molecule has 1 aromatic heterocycles. The molecule has 1 N–H and O–H groups in total. The lowest BCUT2D eigenvalue weighted by atomic mass is 10.1. The van der Waals surface area contributed by atoms with Crippen molar-refractivity contribution < 1.29 is 14.3 Å². The van der Waals surface area contributed by atoms with Crippen LogP contribution in [-0.2, 0) is 6.54 Å². The van der Waals surface area contributed by atoms with Crippen molar-refractivity contribution >= 4 is 17.5 Å². The van der Waals surface area contributed by atoms with Crippen LogP contribution in [-0.4, -0.2) is 44.4 Å². The van der Waals surface area contributed by atoms with Gasteiger partial charge in [-0.3, -0.25) is 4.79 Å². The van der Waals surface area contributed by atoms with Crippen LogP contribution in [0.5, 0.6) is 0 Å². The maximum absolute atomic E-state index is 13.0. The van der Waals surface area contributed by atoms with Crippen molar-refractivity contribution in [1.29, 1.82) is 0 Å². The van der Waals surface area contributed by atoms with Crippen molar-refractivity contribution in [2.24, 2.45) is 0 Å². The molecule has 24 heavy (non-hydrogen) atoms. The number of likely N-dealkylation sites (tertiary alicyclic amines) is 1. The molecule has 1 saturated heterocycles. The molecule has 1 aromatic carbocycles. The van der Waals surface area contributed by atoms with Crippen LogP contribution in [0.1, 0.15) is 35.0 Å². The van der Waals surface area contributed by atoms with Gasteiger partial charge in [0.25, 0.3) is 5.91 Å². The maximum atomic E-state index is 13.0. The number of rotatable bonds is 3. The van der Waals surface area contributed by atoms with Crippen molar-refractivity contribution in [3.63, 3.8) is 0 Å². The van der Waals surface area contributed by atoms with E-state index in [2.05, 4.69) is 5.10 Å². The molecule has 0 bridgehead atoms. The summed E-state index contributed by atoms with van der Waals surface area (Å²) >= 11 is 6.37. The number of benzene rings is 1. The number of carbonyl (C=O) groups excluding carboxylic acids is 1. The highest BCUT2D eigenvalue weighted by Gasteiger charge is 2.36. The van der Waals surface area contributed by atoms with E-state index < -0.39 is 5.60 Å². The molecule has 1 unspecified atom stereocenters. The number of halogens is 2. The Labute approximate surface area is 144 Å². The van der Waals surface area contributed by atoms with Crippen LogP contribution in [0, 0.1) is 12.7 Å². The first-order valence-electron chi connectivity index (χ1n) is 7.76. The van der Waals surface area contributed by atoms with Gasteiger partial charge >= 0.3 is 0 Å². The third-order valence-corrected chi connectivity index (χ3v) is 4.65. The van der Waals surface area contributed by atoms with Crippen LogP contribution in [0.4, 0.5) is 4.39 Å². The average molecular weight is 352 g/mol. The van der Waals surface area contributed by atoms with Crippen LogP contribution in [0.25, 0.3) is 0 Å². The second kappa shape index (κ2) is 6.18. The summed E-state index contributed by atoms with van der Waals surface area (Å²) in [6.45, 7) is 4.57. The van der Waals surface area contributed by atoms with Gasteiger partial charge in [0.2, 0.25) is 0 Å². The van der Waals surface area contributed by atoms with Gasteiger partial charge in [0.15, 0.2) is 0 Å². The van der Waals surface area contributed by atoms with E-state index in [9.17, 15) is 14.3 Å². The standard InChI is InChI=1S/C17H19ClFN3O2/c1-11-14(16(23)21-8-7-17(2,24)10-21)15(18)22(20-11)9-12-3-5-13(19)6-4-12/h3-6,24H,7-10H2,1-2H3. The Kier molecular flexibility index (Phi) is 4.36. The lowest BCUT2D eigenvalue weighted by molar-refractivity contribution is 0.0572. The van der Waals surface area contributed by atoms with Crippen LogP contribution in [0.3, 0.4) is 0 Å². The first kappa shape index (κ1) is 16.9. The lowest BCUT2D eigenvalue weighted by Gasteiger charge is -2.19. The highest BCUT2D eigenvalue weighted by Crippen LogP contribution is 2.27. The minimum absolute atomic E-state index is 0.222. The Hall–Kier alpha value is -1.92. The fourth-order valence-electron chi connectivity index (χ4n) is 2.94. The van der Waals surface area contributed by atoms with Gasteiger partial charge in [-0.2, -0.15) is 5.10 Å². The van der Waals surface area contributed by atoms with Crippen molar-refractivity contribution in [3.8, 4) is 0 Å². The van der Waals surface area contributed by atoms with E-state index >= 15 is 0 Å². The zero-order valence-electron chi connectivity index (χ0n) is 13.6. The van der Waals surface area contributed by atoms with Crippen LogP contribution >= 0.6 is 11.6 Å². The number of hydrogen-bond acceptors (Lipinski definition) is 3. The SMILES string of the molecule is Cc1nn(Cc2ccc(F)cc2)c(Cl)c1C(=O)N1CCC(C)(O)C1. The van der Waals surface area contributed by atoms with Crippen molar-refractivity contribution in [2.75, 3.05) is 13.1 Å². The first-order valence-corrected chi connectivity index (χ1v) is 8.14. The molecular weight excluding hydrogens is 333 g/mol. The normalized spacial score (nSPS) is 20.6. The highest BCUT2D eigenvalue weighted by molar-refractivity contribution is 6.33. The van der Waals surface area contributed by atoms with Crippen molar-refractivity contribution in [3.05, 3.63) is 52.1 Å². The molecule has 1 atom stereocenters. The lowest BCUT2D eigenvalue weighted by Crippen LogP contribution is -2.34. The molecule has 0 spiro atoms. The molecule has 1 aliphatic heterocycles. The van der Waals surface area contributed by atoms with Gasteiger partial charge in [0.1, 0.15) is 11.0 Å². The average Bonchev–Trinajstić information content (AvgIpc) is 3.01. The number of amides is 1. The molecule has 0 saturated carbocycles. The maximum Gasteiger partial charge on any atom is 0.258 e. The summed E-state index contributed by atoms with van der Waals surface area (Å²) in [7, 11) is 0. The molecule has 0 aliphatic carbocycles. The Morgan fingerprint density at radius 3 is 2.67 bits per heavy atom. The smallest absolute Gasteiger partial charge is 0.258 e. The van der Waals surface area contributed by atoms with Crippen molar-refractivity contribution in [2.45, 2.75) is 32.4 Å². The summed E-state index contributed by atoms with van der Waals surface area (Å²) in [6.07, 6.45) is 0.541. The van der Waals surface area contributed by atoms with E-state index in [0.717, 1.165) is 5.56 Å². The molecular formula is C17H19ClFN3O2.